The van der Waals surface area contributed by atoms with Gasteiger partial charge in [0.15, 0.2) is 0 Å². The average Bonchev–Trinajstić information content (AvgIpc) is 2.81. The predicted octanol–water partition coefficient (Wildman–Crippen LogP) is 2.80. The van der Waals surface area contributed by atoms with E-state index in [9.17, 15) is 9.50 Å². The highest BCUT2D eigenvalue weighted by molar-refractivity contribution is 5.85. The summed E-state index contributed by atoms with van der Waals surface area (Å²) in [6, 6.07) is 5.67. The second-order valence-corrected chi connectivity index (χ2v) is 4.61. The fourth-order valence-corrected chi connectivity index (χ4v) is 2.47. The largest absolute Gasteiger partial charge is 0.391 e. The molecule has 1 aromatic carbocycles. The zero-order valence-corrected chi connectivity index (χ0v) is 10.5. The van der Waals surface area contributed by atoms with Crippen LogP contribution in [0.2, 0.25) is 0 Å². The van der Waals surface area contributed by atoms with E-state index in [0.29, 0.717) is 5.92 Å². The Morgan fingerprint density at radius 2 is 1.71 bits per heavy atom. The van der Waals surface area contributed by atoms with Gasteiger partial charge in [-0.15, -0.1) is 12.4 Å². The summed E-state index contributed by atoms with van der Waals surface area (Å²) in [7, 11) is 0. The fourth-order valence-electron chi connectivity index (χ4n) is 2.47. The molecule has 0 spiro atoms. The Morgan fingerprint density at radius 1 is 1.18 bits per heavy atom. The summed E-state index contributed by atoms with van der Waals surface area (Å²) in [6.45, 7) is 0. The molecule has 0 heterocycles. The van der Waals surface area contributed by atoms with Crippen LogP contribution in [0.5, 0.6) is 0 Å². The Labute approximate surface area is 107 Å². The molecule has 0 unspecified atom stereocenters. The van der Waals surface area contributed by atoms with Gasteiger partial charge in [0.1, 0.15) is 5.82 Å². The fraction of sp³-hybridized carbons (Fsp3) is 0.538. The minimum absolute atomic E-state index is 0. The molecule has 4 heteroatoms. The molecule has 0 aromatic heterocycles. The van der Waals surface area contributed by atoms with Crippen molar-refractivity contribution in [3.05, 3.63) is 35.6 Å². The highest BCUT2D eigenvalue weighted by Crippen LogP contribution is 2.32. The lowest BCUT2D eigenvalue weighted by molar-refractivity contribution is 0.0845. The van der Waals surface area contributed by atoms with Crippen LogP contribution in [0.25, 0.3) is 0 Å². The van der Waals surface area contributed by atoms with Crippen molar-refractivity contribution in [3.63, 3.8) is 0 Å². The van der Waals surface area contributed by atoms with E-state index in [1.54, 1.807) is 12.1 Å². The van der Waals surface area contributed by atoms with Crippen LogP contribution in [0.15, 0.2) is 24.3 Å². The normalized spacial score (nSPS) is 19.7. The number of aliphatic hydroxyl groups is 1. The van der Waals surface area contributed by atoms with E-state index in [0.717, 1.165) is 18.4 Å². The minimum atomic E-state index is -0.507. The minimum Gasteiger partial charge on any atom is -0.391 e. The second kappa shape index (κ2) is 6.34. The highest BCUT2D eigenvalue weighted by Gasteiger charge is 2.28. The molecule has 17 heavy (non-hydrogen) atoms. The molecule has 1 aromatic rings. The number of benzene rings is 1. The molecule has 1 aliphatic carbocycles. The Kier molecular flexibility index (Phi) is 5.37. The van der Waals surface area contributed by atoms with Gasteiger partial charge < -0.3 is 10.8 Å². The molecule has 2 nitrogen and oxygen atoms in total. The summed E-state index contributed by atoms with van der Waals surface area (Å²) in [5.41, 5.74) is 6.80. The smallest absolute Gasteiger partial charge is 0.123 e. The topological polar surface area (TPSA) is 46.2 Å². The van der Waals surface area contributed by atoms with Crippen molar-refractivity contribution >= 4 is 12.4 Å². The van der Waals surface area contributed by atoms with Crippen LogP contribution < -0.4 is 5.73 Å². The Balaban J connectivity index is 0.00000144. The molecule has 0 saturated heterocycles. The van der Waals surface area contributed by atoms with Gasteiger partial charge in [-0.25, -0.2) is 4.39 Å². The first-order valence-corrected chi connectivity index (χ1v) is 5.87. The molecule has 2 atom stereocenters. The number of aliphatic hydroxyl groups excluding tert-OH is 1. The average molecular weight is 260 g/mol. The van der Waals surface area contributed by atoms with Crippen molar-refractivity contribution in [2.45, 2.75) is 37.8 Å². The third kappa shape index (κ3) is 3.41. The third-order valence-electron chi connectivity index (χ3n) is 3.51. The Hall–Kier alpha value is -0.640. The molecule has 0 amide bonds. The first-order valence-electron chi connectivity index (χ1n) is 5.87. The van der Waals surface area contributed by atoms with Crippen LogP contribution in [-0.4, -0.2) is 11.2 Å². The summed E-state index contributed by atoms with van der Waals surface area (Å²) < 4.78 is 12.7. The number of hydrogen-bond donors (Lipinski definition) is 2. The van der Waals surface area contributed by atoms with Crippen molar-refractivity contribution in [2.75, 3.05) is 0 Å². The summed E-state index contributed by atoms with van der Waals surface area (Å²) >= 11 is 0. The van der Waals surface area contributed by atoms with Gasteiger partial charge in [0.25, 0.3) is 0 Å². The number of hydrogen-bond acceptors (Lipinski definition) is 2. The molecular weight excluding hydrogens is 241 g/mol. The summed E-state index contributed by atoms with van der Waals surface area (Å²) in [5, 5.41) is 10.1. The standard InChI is InChI=1S/C13H18FNO.ClH/c14-11-7-5-9(6-8-11)12(15)13(16)10-3-1-2-4-10;/h5-8,10,12-13,16H,1-4,15H2;1H/t12-,13+;/m1./s1. The lowest BCUT2D eigenvalue weighted by Crippen LogP contribution is -2.31. The van der Waals surface area contributed by atoms with Crippen LogP contribution in [0.4, 0.5) is 4.39 Å². The zero-order valence-electron chi connectivity index (χ0n) is 9.68. The molecule has 1 saturated carbocycles. The van der Waals surface area contributed by atoms with Crippen molar-refractivity contribution in [2.24, 2.45) is 11.7 Å². The van der Waals surface area contributed by atoms with Crippen molar-refractivity contribution in [3.8, 4) is 0 Å². The summed E-state index contributed by atoms with van der Waals surface area (Å²) in [4.78, 5) is 0. The number of rotatable bonds is 3. The first kappa shape index (κ1) is 14.4. The van der Waals surface area contributed by atoms with Crippen molar-refractivity contribution in [1.29, 1.82) is 0 Å². The quantitative estimate of drug-likeness (QED) is 0.877. The van der Waals surface area contributed by atoms with E-state index in [1.165, 1.54) is 25.0 Å². The summed E-state index contributed by atoms with van der Waals surface area (Å²) in [6.07, 6.45) is 3.95. The van der Waals surface area contributed by atoms with E-state index < -0.39 is 12.1 Å². The maximum absolute atomic E-state index is 12.7. The molecule has 0 bridgehead atoms. The lowest BCUT2D eigenvalue weighted by Gasteiger charge is -2.24. The van der Waals surface area contributed by atoms with Gasteiger partial charge in [0.05, 0.1) is 12.1 Å². The molecule has 96 valence electrons. The first-order chi connectivity index (χ1) is 7.68. The molecule has 1 fully saturated rings. The van der Waals surface area contributed by atoms with E-state index in [2.05, 4.69) is 0 Å². The Bertz CT molecular complexity index is 338. The maximum Gasteiger partial charge on any atom is 0.123 e. The van der Waals surface area contributed by atoms with Gasteiger partial charge >= 0.3 is 0 Å². The van der Waals surface area contributed by atoms with Crippen LogP contribution in [-0.2, 0) is 0 Å². The number of nitrogens with two attached hydrogens (primary N) is 1. The van der Waals surface area contributed by atoms with E-state index in [4.69, 9.17) is 5.73 Å². The SMILES string of the molecule is Cl.N[C@H](c1ccc(F)cc1)[C@@H](O)C1CCCC1. The maximum atomic E-state index is 12.7. The van der Waals surface area contributed by atoms with Gasteiger partial charge in [0, 0.05) is 0 Å². The molecular formula is C13H19ClFNO. The summed E-state index contributed by atoms with van der Waals surface area (Å²) in [5.74, 6) is 0.0337. The van der Waals surface area contributed by atoms with Crippen LogP contribution >= 0.6 is 12.4 Å². The van der Waals surface area contributed by atoms with Crippen LogP contribution in [0, 0.1) is 11.7 Å². The molecule has 1 aliphatic rings. The molecule has 2 rings (SSSR count). The monoisotopic (exact) mass is 259 g/mol. The van der Waals surface area contributed by atoms with E-state index in [1.807, 2.05) is 0 Å². The van der Waals surface area contributed by atoms with E-state index >= 15 is 0 Å². The van der Waals surface area contributed by atoms with Gasteiger partial charge in [-0.1, -0.05) is 25.0 Å². The Morgan fingerprint density at radius 3 is 2.24 bits per heavy atom. The lowest BCUT2D eigenvalue weighted by atomic mass is 9.91. The third-order valence-corrected chi connectivity index (χ3v) is 3.51. The van der Waals surface area contributed by atoms with Gasteiger partial charge in [-0.3, -0.25) is 0 Å². The van der Waals surface area contributed by atoms with Gasteiger partial charge in [-0.2, -0.15) is 0 Å². The molecule has 0 aliphatic heterocycles. The van der Waals surface area contributed by atoms with Crippen molar-refractivity contribution in [1.82, 2.24) is 0 Å². The predicted molar refractivity (Wildman–Crippen MR) is 68.5 cm³/mol. The van der Waals surface area contributed by atoms with Crippen molar-refractivity contribution < 1.29 is 9.50 Å². The van der Waals surface area contributed by atoms with Crippen LogP contribution in [0.1, 0.15) is 37.3 Å². The van der Waals surface area contributed by atoms with E-state index in [-0.39, 0.29) is 18.2 Å². The van der Waals surface area contributed by atoms with Gasteiger partial charge in [-0.05, 0) is 36.5 Å². The van der Waals surface area contributed by atoms with Gasteiger partial charge in [0.2, 0.25) is 0 Å². The second-order valence-electron chi connectivity index (χ2n) is 4.61. The highest BCUT2D eigenvalue weighted by atomic mass is 35.5. The number of halogens is 2. The molecule has 0 radical (unpaired) electrons. The molecule has 3 N–H and O–H groups in total. The zero-order chi connectivity index (χ0) is 11.5. The van der Waals surface area contributed by atoms with Crippen LogP contribution in [0.3, 0.4) is 0 Å².